The van der Waals surface area contributed by atoms with Crippen molar-refractivity contribution in [3.8, 4) is 11.3 Å². The number of amides is 1. The lowest BCUT2D eigenvalue weighted by Gasteiger charge is -2.20. The van der Waals surface area contributed by atoms with E-state index in [0.29, 0.717) is 23.8 Å². The van der Waals surface area contributed by atoms with E-state index in [1.165, 1.54) is 0 Å². The minimum Gasteiger partial charge on any atom is -0.389 e. The van der Waals surface area contributed by atoms with Crippen LogP contribution in [0.3, 0.4) is 0 Å². The Labute approximate surface area is 187 Å². The fourth-order valence-corrected chi connectivity index (χ4v) is 3.56. The number of hydrogen-bond donors (Lipinski definition) is 2. The van der Waals surface area contributed by atoms with Crippen molar-refractivity contribution in [2.45, 2.75) is 26.0 Å². The monoisotopic (exact) mass is 429 g/mol. The van der Waals surface area contributed by atoms with Crippen molar-refractivity contribution in [2.75, 3.05) is 24.3 Å². The van der Waals surface area contributed by atoms with Crippen LogP contribution < -0.4 is 10.2 Å². The maximum atomic E-state index is 13.1. The molecule has 0 aliphatic carbocycles. The number of anilines is 2. The third-order valence-corrected chi connectivity index (χ3v) is 5.11. The summed E-state index contributed by atoms with van der Waals surface area (Å²) >= 11 is 0. The van der Waals surface area contributed by atoms with Crippen LogP contribution in [0.15, 0.2) is 66.9 Å². The predicted octanol–water partition coefficient (Wildman–Crippen LogP) is 4.19. The number of rotatable bonds is 6. The summed E-state index contributed by atoms with van der Waals surface area (Å²) in [5, 5.41) is 13.3. The Balaban J connectivity index is 1.66. The summed E-state index contributed by atoms with van der Waals surface area (Å²) in [7, 11) is 3.96. The Hall–Kier alpha value is -3.71. The first-order valence-corrected chi connectivity index (χ1v) is 10.4. The van der Waals surface area contributed by atoms with Crippen LogP contribution in [0.5, 0.6) is 0 Å². The zero-order valence-corrected chi connectivity index (χ0v) is 18.7. The van der Waals surface area contributed by atoms with Crippen molar-refractivity contribution in [1.82, 2.24) is 14.5 Å². The van der Waals surface area contributed by atoms with E-state index in [2.05, 4.69) is 15.3 Å². The van der Waals surface area contributed by atoms with Crippen LogP contribution in [-0.4, -0.2) is 45.2 Å². The maximum absolute atomic E-state index is 13.1. The molecule has 0 spiro atoms. The number of benzene rings is 2. The van der Waals surface area contributed by atoms with E-state index in [9.17, 15) is 9.90 Å². The van der Waals surface area contributed by atoms with Gasteiger partial charge in [-0.25, -0.2) is 4.98 Å². The summed E-state index contributed by atoms with van der Waals surface area (Å²) in [6.07, 6.45) is 1.63. The highest BCUT2D eigenvalue weighted by atomic mass is 16.3. The van der Waals surface area contributed by atoms with Gasteiger partial charge in [0, 0.05) is 37.1 Å². The van der Waals surface area contributed by atoms with E-state index in [1.54, 1.807) is 32.2 Å². The average molecular weight is 430 g/mol. The van der Waals surface area contributed by atoms with Gasteiger partial charge in [0.15, 0.2) is 0 Å². The molecule has 164 valence electrons. The molecule has 0 unspecified atom stereocenters. The van der Waals surface area contributed by atoms with Crippen LogP contribution in [-0.2, 0) is 6.54 Å². The minimum absolute atomic E-state index is 0.287. The number of aromatic nitrogens is 3. The fraction of sp³-hybridized carbons (Fsp3) is 0.240. The van der Waals surface area contributed by atoms with Crippen LogP contribution in [0.4, 0.5) is 11.6 Å². The van der Waals surface area contributed by atoms with Gasteiger partial charge >= 0.3 is 0 Å². The van der Waals surface area contributed by atoms with Crippen molar-refractivity contribution >= 4 is 28.6 Å². The van der Waals surface area contributed by atoms with E-state index < -0.39 is 5.60 Å². The zero-order valence-electron chi connectivity index (χ0n) is 18.7. The number of nitrogens with zero attached hydrogens (tertiary/aromatic N) is 4. The molecule has 4 rings (SSSR count). The van der Waals surface area contributed by atoms with Crippen molar-refractivity contribution in [1.29, 1.82) is 0 Å². The lowest BCUT2D eigenvalue weighted by molar-refractivity contribution is 0.0630. The molecule has 0 saturated carbocycles. The molecule has 0 fully saturated rings. The van der Waals surface area contributed by atoms with Crippen LogP contribution in [0, 0.1) is 0 Å². The van der Waals surface area contributed by atoms with Gasteiger partial charge in [0.1, 0.15) is 0 Å². The third-order valence-electron chi connectivity index (χ3n) is 5.11. The van der Waals surface area contributed by atoms with Gasteiger partial charge in [0.2, 0.25) is 5.95 Å². The quantitative estimate of drug-likeness (QED) is 0.480. The molecule has 0 saturated heterocycles. The van der Waals surface area contributed by atoms with Gasteiger partial charge in [-0.15, -0.1) is 0 Å². The number of pyridine rings is 1. The molecule has 0 bridgehead atoms. The molecule has 0 aliphatic rings. The largest absolute Gasteiger partial charge is 0.389 e. The van der Waals surface area contributed by atoms with Crippen LogP contribution in [0.25, 0.3) is 22.3 Å². The second-order valence-corrected chi connectivity index (χ2v) is 8.65. The van der Waals surface area contributed by atoms with E-state index in [-0.39, 0.29) is 5.91 Å². The third kappa shape index (κ3) is 4.63. The number of nitrogens with one attached hydrogen (secondary N) is 1. The zero-order chi connectivity index (χ0) is 22.9. The fourth-order valence-electron chi connectivity index (χ4n) is 3.56. The highest BCUT2D eigenvalue weighted by molar-refractivity contribution is 6.04. The Bertz CT molecular complexity index is 1270. The smallest absolute Gasteiger partial charge is 0.258 e. The first kappa shape index (κ1) is 21.5. The highest BCUT2D eigenvalue weighted by Crippen LogP contribution is 2.25. The molecule has 2 heterocycles. The molecular weight excluding hydrogens is 402 g/mol. The molecule has 2 aromatic heterocycles. The van der Waals surface area contributed by atoms with Gasteiger partial charge < -0.3 is 14.6 Å². The number of hydrogen-bond acceptors (Lipinski definition) is 5. The maximum Gasteiger partial charge on any atom is 0.258 e. The van der Waals surface area contributed by atoms with E-state index in [0.717, 1.165) is 22.3 Å². The van der Waals surface area contributed by atoms with Gasteiger partial charge in [-0.3, -0.25) is 15.1 Å². The van der Waals surface area contributed by atoms with Gasteiger partial charge in [0.25, 0.3) is 5.91 Å². The Kier molecular flexibility index (Phi) is 5.67. The van der Waals surface area contributed by atoms with Gasteiger partial charge in [0.05, 0.1) is 28.9 Å². The van der Waals surface area contributed by atoms with Crippen LogP contribution in [0.2, 0.25) is 0 Å². The summed E-state index contributed by atoms with van der Waals surface area (Å²) in [4.78, 5) is 24.1. The minimum atomic E-state index is -0.968. The highest BCUT2D eigenvalue weighted by Gasteiger charge is 2.21. The molecular formula is C25H27N5O2. The molecule has 32 heavy (non-hydrogen) atoms. The first-order valence-electron chi connectivity index (χ1n) is 10.4. The molecule has 0 aliphatic heterocycles. The van der Waals surface area contributed by atoms with Crippen molar-refractivity contribution in [3.05, 3.63) is 72.4 Å². The number of aliphatic hydroxyl groups is 1. The molecule has 1 amide bonds. The van der Waals surface area contributed by atoms with Crippen LogP contribution in [0.1, 0.15) is 24.2 Å². The van der Waals surface area contributed by atoms with Crippen molar-refractivity contribution < 1.29 is 9.90 Å². The molecule has 7 nitrogen and oxygen atoms in total. The molecule has 2 N–H and O–H groups in total. The van der Waals surface area contributed by atoms with Gasteiger partial charge in [-0.1, -0.05) is 24.3 Å². The van der Waals surface area contributed by atoms with Gasteiger partial charge in [-0.2, -0.15) is 0 Å². The molecule has 4 aromatic rings. The van der Waals surface area contributed by atoms with E-state index >= 15 is 0 Å². The van der Waals surface area contributed by atoms with Gasteiger partial charge in [-0.05, 0) is 50.2 Å². The second-order valence-electron chi connectivity index (χ2n) is 8.65. The summed E-state index contributed by atoms with van der Waals surface area (Å²) < 4.78 is 1.83. The average Bonchev–Trinajstić information content (AvgIpc) is 3.09. The summed E-state index contributed by atoms with van der Waals surface area (Å²) in [6.45, 7) is 3.75. The Morgan fingerprint density at radius 1 is 1.09 bits per heavy atom. The lowest BCUT2D eigenvalue weighted by atomic mass is 10.1. The Morgan fingerprint density at radius 3 is 2.62 bits per heavy atom. The molecule has 7 heteroatoms. The number of fused-ring (bicyclic) bond motifs is 1. The number of imidazole rings is 1. The normalized spacial score (nSPS) is 11.5. The number of carbonyl (C=O) groups excluding carboxylic acids is 1. The van der Waals surface area contributed by atoms with Crippen molar-refractivity contribution in [2.24, 2.45) is 0 Å². The van der Waals surface area contributed by atoms with E-state index in [1.807, 2.05) is 72.1 Å². The summed E-state index contributed by atoms with van der Waals surface area (Å²) in [6, 6.07) is 19.1. The van der Waals surface area contributed by atoms with Crippen molar-refractivity contribution in [3.63, 3.8) is 0 Å². The SMILES string of the molecule is CN(C)c1cccc(-c2cc(C(=O)Nc3nc4ccccc4n3CC(C)(C)O)ccn2)c1. The molecule has 2 aromatic carbocycles. The number of carbonyl (C=O) groups is 1. The lowest BCUT2D eigenvalue weighted by Crippen LogP contribution is -2.27. The second kappa shape index (κ2) is 8.43. The standard InChI is InChI=1S/C25H27N5O2/c1-25(2,32)16-30-22-11-6-5-10-20(22)27-24(30)28-23(31)18-12-13-26-21(15-18)17-8-7-9-19(14-17)29(3)4/h5-15,32H,16H2,1-4H3,(H,27,28,31). The number of para-hydroxylation sites is 2. The van der Waals surface area contributed by atoms with Crippen LogP contribution >= 0.6 is 0 Å². The summed E-state index contributed by atoms with van der Waals surface area (Å²) in [5.41, 5.74) is 3.81. The van der Waals surface area contributed by atoms with E-state index in [4.69, 9.17) is 0 Å². The summed E-state index contributed by atoms with van der Waals surface area (Å²) in [5.74, 6) is 0.107. The molecule has 0 atom stereocenters. The first-order chi connectivity index (χ1) is 15.2. The predicted molar refractivity (Wildman–Crippen MR) is 128 cm³/mol. The molecule has 0 radical (unpaired) electrons. The Morgan fingerprint density at radius 2 is 1.88 bits per heavy atom. The topological polar surface area (TPSA) is 83.3 Å².